The Bertz CT molecular complexity index is 1500. The van der Waals surface area contributed by atoms with Crippen LogP contribution < -0.4 is 14.4 Å². The van der Waals surface area contributed by atoms with Crippen molar-refractivity contribution in [3.8, 4) is 22.8 Å². The number of ether oxygens (including phenoxy) is 2. The van der Waals surface area contributed by atoms with E-state index in [9.17, 15) is 9.59 Å². The Morgan fingerprint density at radius 3 is 2.72 bits per heavy atom. The van der Waals surface area contributed by atoms with E-state index >= 15 is 0 Å². The van der Waals surface area contributed by atoms with E-state index in [0.717, 1.165) is 44.4 Å². The van der Waals surface area contributed by atoms with Crippen LogP contribution in [0.4, 0.5) is 5.69 Å². The summed E-state index contributed by atoms with van der Waals surface area (Å²) in [5, 5.41) is 0.806. The molecule has 8 heteroatoms. The SMILES string of the molecule is Cc1occc1C(=O)N1CCc2cc(-c3nc(CC(=O)Cc4ccc5c(c4)OCO5)sc3C)ccc21. The van der Waals surface area contributed by atoms with E-state index in [1.54, 1.807) is 30.6 Å². The first-order chi connectivity index (χ1) is 17.5. The summed E-state index contributed by atoms with van der Waals surface area (Å²) in [6.07, 6.45) is 2.95. The molecule has 0 spiro atoms. The summed E-state index contributed by atoms with van der Waals surface area (Å²) in [4.78, 5) is 33.5. The molecule has 2 aliphatic rings. The summed E-state index contributed by atoms with van der Waals surface area (Å²) in [6.45, 7) is 4.69. The van der Waals surface area contributed by atoms with Gasteiger partial charge in [-0.2, -0.15) is 0 Å². The number of benzene rings is 2. The third kappa shape index (κ3) is 4.07. The quantitative estimate of drug-likeness (QED) is 0.357. The molecular weight excluding hydrogens is 476 g/mol. The van der Waals surface area contributed by atoms with Crippen LogP contribution in [0.25, 0.3) is 11.3 Å². The van der Waals surface area contributed by atoms with Crippen LogP contribution in [-0.4, -0.2) is 30.0 Å². The highest BCUT2D eigenvalue weighted by atomic mass is 32.1. The summed E-state index contributed by atoms with van der Waals surface area (Å²) >= 11 is 1.56. The standard InChI is InChI=1S/C28H24N2O5S/c1-16-22(8-10-33-16)28(32)30-9-7-19-13-20(4-5-23(19)30)27-17(2)36-26(29-27)14-21(31)11-18-3-6-24-25(12-18)35-15-34-24/h3-6,8,10,12-13H,7,9,11,14-15H2,1-2H3. The summed E-state index contributed by atoms with van der Waals surface area (Å²) in [5.41, 5.74) is 5.44. The second-order valence-corrected chi connectivity index (χ2v) is 10.3. The summed E-state index contributed by atoms with van der Waals surface area (Å²) in [7, 11) is 0. The molecule has 0 N–H and O–H groups in total. The van der Waals surface area contributed by atoms with Crippen molar-refractivity contribution in [2.24, 2.45) is 0 Å². The predicted octanol–water partition coefficient (Wildman–Crippen LogP) is 5.31. The number of ketones is 1. The van der Waals surface area contributed by atoms with Gasteiger partial charge in [0.15, 0.2) is 11.5 Å². The highest BCUT2D eigenvalue weighted by Crippen LogP contribution is 2.36. The molecule has 4 aromatic rings. The molecule has 2 aliphatic heterocycles. The molecule has 0 saturated carbocycles. The fraction of sp³-hybridized carbons (Fsp3) is 0.250. The van der Waals surface area contributed by atoms with Crippen molar-refractivity contribution in [2.75, 3.05) is 18.2 Å². The number of hydrogen-bond acceptors (Lipinski definition) is 7. The minimum atomic E-state index is -0.0409. The minimum absolute atomic E-state index is 0.0409. The van der Waals surface area contributed by atoms with Crippen molar-refractivity contribution in [2.45, 2.75) is 33.1 Å². The molecule has 0 unspecified atom stereocenters. The van der Waals surface area contributed by atoms with E-state index < -0.39 is 0 Å². The van der Waals surface area contributed by atoms with Crippen molar-refractivity contribution in [3.05, 3.63) is 81.1 Å². The normalized spacial score (nSPS) is 13.8. The second-order valence-electron chi connectivity index (χ2n) is 9.03. The number of hydrogen-bond donors (Lipinski definition) is 0. The summed E-state index contributed by atoms with van der Waals surface area (Å²) in [6, 6.07) is 13.4. The van der Waals surface area contributed by atoms with Crippen LogP contribution in [0.15, 0.2) is 53.1 Å². The van der Waals surface area contributed by atoms with Gasteiger partial charge in [-0.3, -0.25) is 9.59 Å². The number of amides is 1. The molecule has 0 aliphatic carbocycles. The predicted molar refractivity (Wildman–Crippen MR) is 136 cm³/mol. The number of nitrogens with zero attached hydrogens (tertiary/aromatic N) is 2. The molecular formula is C28H24N2O5S. The highest BCUT2D eigenvalue weighted by Gasteiger charge is 2.28. The van der Waals surface area contributed by atoms with Gasteiger partial charge in [-0.05, 0) is 61.7 Å². The van der Waals surface area contributed by atoms with Gasteiger partial charge in [-0.1, -0.05) is 12.1 Å². The number of carbonyl (C=O) groups excluding carboxylic acids is 2. The number of rotatable bonds is 6. The van der Waals surface area contributed by atoms with E-state index in [0.29, 0.717) is 35.8 Å². The first-order valence-electron chi connectivity index (χ1n) is 11.8. The van der Waals surface area contributed by atoms with Crippen molar-refractivity contribution in [1.29, 1.82) is 0 Å². The second kappa shape index (κ2) is 8.95. The number of aromatic nitrogens is 1. The van der Waals surface area contributed by atoms with Crippen LogP contribution in [0.2, 0.25) is 0 Å². The number of furan rings is 1. The van der Waals surface area contributed by atoms with E-state index in [-0.39, 0.29) is 24.9 Å². The minimum Gasteiger partial charge on any atom is -0.469 e. The van der Waals surface area contributed by atoms with Gasteiger partial charge in [0.05, 0.1) is 23.9 Å². The Kier molecular flexibility index (Phi) is 5.60. The molecule has 36 heavy (non-hydrogen) atoms. The maximum absolute atomic E-state index is 13.0. The Morgan fingerprint density at radius 2 is 1.89 bits per heavy atom. The average Bonchev–Trinajstić information content (AvgIpc) is 3.64. The molecule has 0 bridgehead atoms. The fourth-order valence-corrected chi connectivity index (χ4v) is 5.80. The zero-order chi connectivity index (χ0) is 24.8. The Labute approximate surface area is 212 Å². The summed E-state index contributed by atoms with van der Waals surface area (Å²) < 4.78 is 16.1. The average molecular weight is 501 g/mol. The fourth-order valence-electron chi connectivity index (χ4n) is 4.82. The molecule has 2 aromatic heterocycles. The van der Waals surface area contributed by atoms with Gasteiger partial charge in [0.1, 0.15) is 16.6 Å². The van der Waals surface area contributed by atoms with Crippen LogP contribution in [0, 0.1) is 13.8 Å². The van der Waals surface area contributed by atoms with Crippen molar-refractivity contribution >= 4 is 28.7 Å². The Balaban J connectivity index is 1.17. The third-order valence-corrected chi connectivity index (χ3v) is 7.58. The van der Waals surface area contributed by atoms with Crippen LogP contribution in [-0.2, 0) is 24.1 Å². The molecule has 2 aromatic carbocycles. The van der Waals surface area contributed by atoms with Gasteiger partial charge in [-0.25, -0.2) is 4.98 Å². The lowest BCUT2D eigenvalue weighted by atomic mass is 10.0. The van der Waals surface area contributed by atoms with Gasteiger partial charge in [-0.15, -0.1) is 11.3 Å². The smallest absolute Gasteiger partial charge is 0.261 e. The van der Waals surface area contributed by atoms with Gasteiger partial charge in [0, 0.05) is 29.1 Å². The lowest BCUT2D eigenvalue weighted by Crippen LogP contribution is -2.28. The topological polar surface area (TPSA) is 81.9 Å². The monoisotopic (exact) mass is 500 g/mol. The van der Waals surface area contributed by atoms with Crippen LogP contribution in [0.3, 0.4) is 0 Å². The summed E-state index contributed by atoms with van der Waals surface area (Å²) in [5.74, 6) is 2.09. The zero-order valence-electron chi connectivity index (χ0n) is 20.0. The van der Waals surface area contributed by atoms with Crippen LogP contribution in [0.1, 0.15) is 37.1 Å². The van der Waals surface area contributed by atoms with Crippen molar-refractivity contribution in [1.82, 2.24) is 4.98 Å². The van der Waals surface area contributed by atoms with E-state index in [4.69, 9.17) is 18.9 Å². The Hall–Kier alpha value is -3.91. The maximum Gasteiger partial charge on any atom is 0.261 e. The largest absolute Gasteiger partial charge is 0.469 e. The van der Waals surface area contributed by atoms with E-state index in [1.807, 2.05) is 42.2 Å². The van der Waals surface area contributed by atoms with Gasteiger partial charge >= 0.3 is 0 Å². The molecule has 0 atom stereocenters. The molecule has 7 nitrogen and oxygen atoms in total. The molecule has 6 rings (SSSR count). The number of fused-ring (bicyclic) bond motifs is 2. The van der Waals surface area contributed by atoms with Crippen molar-refractivity contribution < 1.29 is 23.5 Å². The van der Waals surface area contributed by atoms with Gasteiger partial charge in [0.2, 0.25) is 6.79 Å². The van der Waals surface area contributed by atoms with Gasteiger partial charge in [0.25, 0.3) is 5.91 Å². The first kappa shape index (κ1) is 22.5. The third-order valence-electron chi connectivity index (χ3n) is 6.61. The van der Waals surface area contributed by atoms with E-state index in [2.05, 4.69) is 6.07 Å². The van der Waals surface area contributed by atoms with E-state index in [1.165, 1.54) is 0 Å². The number of anilines is 1. The molecule has 1 amide bonds. The maximum atomic E-state index is 13.0. The van der Waals surface area contributed by atoms with Crippen molar-refractivity contribution in [3.63, 3.8) is 0 Å². The molecule has 0 saturated heterocycles. The number of carbonyl (C=O) groups is 2. The number of Topliss-reactive ketones (excluding diaryl/α,β-unsaturated/α-hetero) is 1. The molecule has 4 heterocycles. The first-order valence-corrected chi connectivity index (χ1v) is 12.6. The molecule has 0 radical (unpaired) electrons. The number of thiazole rings is 1. The van der Waals surface area contributed by atoms with Gasteiger partial charge < -0.3 is 18.8 Å². The molecule has 182 valence electrons. The van der Waals surface area contributed by atoms with Crippen LogP contribution in [0.5, 0.6) is 11.5 Å². The number of aryl methyl sites for hydroxylation is 2. The Morgan fingerprint density at radius 1 is 1.03 bits per heavy atom. The molecule has 0 fully saturated rings. The zero-order valence-corrected chi connectivity index (χ0v) is 20.8. The lowest BCUT2D eigenvalue weighted by molar-refractivity contribution is -0.117. The van der Waals surface area contributed by atoms with Crippen LogP contribution >= 0.6 is 11.3 Å². The highest BCUT2D eigenvalue weighted by molar-refractivity contribution is 7.12. The lowest BCUT2D eigenvalue weighted by Gasteiger charge is -2.17.